The van der Waals surface area contributed by atoms with Crippen molar-refractivity contribution in [2.75, 3.05) is 13.2 Å². The van der Waals surface area contributed by atoms with E-state index in [0.29, 0.717) is 24.3 Å². The fourth-order valence-electron chi connectivity index (χ4n) is 1.45. The third-order valence-corrected chi connectivity index (χ3v) is 2.41. The fraction of sp³-hybridized carbons (Fsp3) is 0.500. The summed E-state index contributed by atoms with van der Waals surface area (Å²) in [5.74, 6) is -0.105. The van der Waals surface area contributed by atoms with E-state index in [0.717, 1.165) is 19.3 Å². The summed E-state index contributed by atoms with van der Waals surface area (Å²) in [5.41, 5.74) is 6.75. The second-order valence-corrected chi connectivity index (χ2v) is 3.78. The molecule has 0 aromatic carbocycles. The molecule has 0 unspecified atom stereocenters. The molecule has 0 saturated carbocycles. The van der Waals surface area contributed by atoms with E-state index in [4.69, 9.17) is 10.8 Å². The summed E-state index contributed by atoms with van der Waals surface area (Å²) < 4.78 is 0. The van der Waals surface area contributed by atoms with E-state index in [1.54, 1.807) is 18.3 Å². The molecule has 1 aromatic rings. The maximum atomic E-state index is 11.7. The van der Waals surface area contributed by atoms with Crippen molar-refractivity contribution in [1.82, 2.24) is 10.3 Å². The Balaban J connectivity index is 2.36. The highest BCUT2D eigenvalue weighted by atomic mass is 16.2. The number of amides is 1. The second-order valence-electron chi connectivity index (χ2n) is 3.78. The van der Waals surface area contributed by atoms with Crippen LogP contribution in [0.25, 0.3) is 0 Å². The first kappa shape index (κ1) is 13.6. The third kappa shape index (κ3) is 4.93. The lowest BCUT2D eigenvalue weighted by Crippen LogP contribution is -2.24. The van der Waals surface area contributed by atoms with Gasteiger partial charge in [-0.1, -0.05) is 0 Å². The van der Waals surface area contributed by atoms with Crippen molar-refractivity contribution in [3.8, 4) is 0 Å². The minimum absolute atomic E-state index is 0.105. The first-order valence-electron chi connectivity index (χ1n) is 5.82. The zero-order valence-corrected chi connectivity index (χ0v) is 9.85. The van der Waals surface area contributed by atoms with E-state index in [1.165, 1.54) is 0 Å². The molecular formula is C12H19N3O2. The quantitative estimate of drug-likeness (QED) is 0.600. The van der Waals surface area contributed by atoms with Gasteiger partial charge >= 0.3 is 0 Å². The van der Waals surface area contributed by atoms with E-state index in [-0.39, 0.29) is 12.5 Å². The van der Waals surface area contributed by atoms with Crippen LogP contribution in [0, 0.1) is 0 Å². The van der Waals surface area contributed by atoms with Gasteiger partial charge in [0.15, 0.2) is 0 Å². The smallest absolute Gasteiger partial charge is 0.251 e. The van der Waals surface area contributed by atoms with Gasteiger partial charge in [-0.05, 0) is 31.4 Å². The van der Waals surface area contributed by atoms with Gasteiger partial charge in [0.25, 0.3) is 5.91 Å². The van der Waals surface area contributed by atoms with Crippen molar-refractivity contribution in [3.63, 3.8) is 0 Å². The molecule has 1 heterocycles. The molecule has 0 saturated heterocycles. The van der Waals surface area contributed by atoms with E-state index in [2.05, 4.69) is 10.3 Å². The number of hydrogen-bond donors (Lipinski definition) is 3. The molecule has 0 radical (unpaired) electrons. The molecule has 0 atom stereocenters. The van der Waals surface area contributed by atoms with E-state index in [1.807, 2.05) is 0 Å². The number of aliphatic hydroxyl groups is 1. The van der Waals surface area contributed by atoms with Gasteiger partial charge in [-0.25, -0.2) is 0 Å². The molecule has 0 aliphatic rings. The summed E-state index contributed by atoms with van der Waals surface area (Å²) in [6.45, 7) is 1.16. The number of aliphatic hydroxyl groups excluding tert-OH is 1. The van der Waals surface area contributed by atoms with Crippen molar-refractivity contribution < 1.29 is 9.90 Å². The summed E-state index contributed by atoms with van der Waals surface area (Å²) in [4.78, 5) is 15.7. The predicted octanol–water partition coefficient (Wildman–Crippen LogP) is 0.433. The maximum absolute atomic E-state index is 11.7. The van der Waals surface area contributed by atoms with Crippen LogP contribution >= 0.6 is 0 Å². The molecule has 17 heavy (non-hydrogen) atoms. The lowest BCUT2D eigenvalue weighted by molar-refractivity contribution is 0.0952. The highest BCUT2D eigenvalue weighted by Gasteiger charge is 2.05. The van der Waals surface area contributed by atoms with Gasteiger partial charge in [-0.15, -0.1) is 0 Å². The molecule has 5 heteroatoms. The molecule has 1 amide bonds. The average molecular weight is 237 g/mol. The van der Waals surface area contributed by atoms with Gasteiger partial charge < -0.3 is 16.2 Å². The lowest BCUT2D eigenvalue weighted by Gasteiger charge is -2.05. The van der Waals surface area contributed by atoms with Crippen LogP contribution in [-0.4, -0.2) is 29.1 Å². The number of carbonyl (C=O) groups excluding carboxylic acids is 1. The average Bonchev–Trinajstić information content (AvgIpc) is 2.38. The number of pyridine rings is 1. The fourth-order valence-corrected chi connectivity index (χ4v) is 1.45. The largest absolute Gasteiger partial charge is 0.396 e. The molecule has 1 aromatic heterocycles. The summed E-state index contributed by atoms with van der Waals surface area (Å²) in [5, 5.41) is 11.4. The van der Waals surface area contributed by atoms with Crippen LogP contribution < -0.4 is 11.1 Å². The molecular weight excluding hydrogens is 218 g/mol. The summed E-state index contributed by atoms with van der Waals surface area (Å²) in [6, 6.07) is 3.37. The zero-order valence-electron chi connectivity index (χ0n) is 9.85. The molecule has 0 spiro atoms. The van der Waals surface area contributed by atoms with Crippen molar-refractivity contribution >= 4 is 5.91 Å². The predicted molar refractivity (Wildman–Crippen MR) is 65.4 cm³/mol. The minimum atomic E-state index is -0.105. The Hall–Kier alpha value is -1.46. The monoisotopic (exact) mass is 237 g/mol. The van der Waals surface area contributed by atoms with Gasteiger partial charge in [0.05, 0.1) is 5.69 Å². The Bertz CT molecular complexity index is 355. The van der Waals surface area contributed by atoms with Crippen LogP contribution in [0.3, 0.4) is 0 Å². The zero-order chi connectivity index (χ0) is 12.5. The maximum Gasteiger partial charge on any atom is 0.251 e. The topological polar surface area (TPSA) is 88.2 Å². The van der Waals surface area contributed by atoms with Crippen LogP contribution in [-0.2, 0) is 6.54 Å². The van der Waals surface area contributed by atoms with Gasteiger partial charge in [-0.2, -0.15) is 0 Å². The van der Waals surface area contributed by atoms with E-state index >= 15 is 0 Å². The molecule has 0 aliphatic heterocycles. The highest BCUT2D eigenvalue weighted by Crippen LogP contribution is 2.01. The summed E-state index contributed by atoms with van der Waals surface area (Å²) >= 11 is 0. The number of hydrogen-bond acceptors (Lipinski definition) is 4. The second kappa shape index (κ2) is 7.76. The summed E-state index contributed by atoms with van der Waals surface area (Å²) in [7, 11) is 0. The Labute approximate surface area is 101 Å². The van der Waals surface area contributed by atoms with E-state index in [9.17, 15) is 4.79 Å². The van der Waals surface area contributed by atoms with Crippen LogP contribution in [0.2, 0.25) is 0 Å². The summed E-state index contributed by atoms with van der Waals surface area (Å²) in [6.07, 6.45) is 4.16. The van der Waals surface area contributed by atoms with Gasteiger partial charge in [0.2, 0.25) is 0 Å². The van der Waals surface area contributed by atoms with Crippen LogP contribution in [0.15, 0.2) is 18.3 Å². The first-order chi connectivity index (χ1) is 8.27. The molecule has 1 rings (SSSR count). The molecule has 5 nitrogen and oxygen atoms in total. The van der Waals surface area contributed by atoms with Gasteiger partial charge in [-0.3, -0.25) is 9.78 Å². The third-order valence-electron chi connectivity index (χ3n) is 2.41. The number of rotatable bonds is 7. The number of unbranched alkanes of at least 4 members (excludes halogenated alkanes) is 2. The van der Waals surface area contributed by atoms with Crippen molar-refractivity contribution in [2.24, 2.45) is 5.73 Å². The molecule has 0 fully saturated rings. The molecule has 0 aliphatic carbocycles. The lowest BCUT2D eigenvalue weighted by atomic mass is 10.2. The van der Waals surface area contributed by atoms with Crippen molar-refractivity contribution in [1.29, 1.82) is 0 Å². The molecule has 94 valence electrons. The Kier molecular flexibility index (Phi) is 6.21. The van der Waals surface area contributed by atoms with Crippen LogP contribution in [0.4, 0.5) is 0 Å². The number of nitrogens with one attached hydrogen (secondary N) is 1. The van der Waals surface area contributed by atoms with Crippen molar-refractivity contribution in [2.45, 2.75) is 25.8 Å². The van der Waals surface area contributed by atoms with Gasteiger partial charge in [0.1, 0.15) is 0 Å². The number of nitrogens with two attached hydrogens (primary N) is 1. The SMILES string of the molecule is NCc1cc(C(=O)NCCCCCO)ccn1. The highest BCUT2D eigenvalue weighted by molar-refractivity contribution is 5.94. The molecule has 4 N–H and O–H groups in total. The van der Waals surface area contributed by atoms with Crippen LogP contribution in [0.5, 0.6) is 0 Å². The number of aromatic nitrogens is 1. The van der Waals surface area contributed by atoms with Gasteiger partial charge in [0, 0.05) is 31.5 Å². The standard InChI is InChI=1S/C12H19N3O2/c13-9-11-8-10(4-6-14-11)12(17)15-5-2-1-3-7-16/h4,6,8,16H,1-3,5,7,9,13H2,(H,15,17). The minimum Gasteiger partial charge on any atom is -0.396 e. The van der Waals surface area contributed by atoms with Crippen LogP contribution in [0.1, 0.15) is 35.3 Å². The Morgan fingerprint density at radius 3 is 2.94 bits per heavy atom. The van der Waals surface area contributed by atoms with Crippen molar-refractivity contribution in [3.05, 3.63) is 29.6 Å². The first-order valence-corrected chi connectivity index (χ1v) is 5.82. The Morgan fingerprint density at radius 1 is 1.41 bits per heavy atom. The number of carbonyl (C=O) groups is 1. The number of nitrogens with zero attached hydrogens (tertiary/aromatic N) is 1. The van der Waals surface area contributed by atoms with E-state index < -0.39 is 0 Å². The molecule has 0 bridgehead atoms. The normalized spacial score (nSPS) is 10.2. The Morgan fingerprint density at radius 2 is 2.24 bits per heavy atom.